The minimum Gasteiger partial charge on any atom is -0.480 e. The average molecular weight is 338 g/mol. The van der Waals surface area contributed by atoms with Crippen molar-refractivity contribution in [3.8, 4) is 5.75 Å². The van der Waals surface area contributed by atoms with Gasteiger partial charge >= 0.3 is 6.09 Å². The molecule has 3 heterocycles. The zero-order valence-corrected chi connectivity index (χ0v) is 12.7. The predicted octanol–water partition coefficient (Wildman–Crippen LogP) is -0.941. The molecular weight excluding hydrogens is 320 g/mol. The van der Waals surface area contributed by atoms with Crippen molar-refractivity contribution in [2.45, 2.75) is 6.10 Å². The summed E-state index contributed by atoms with van der Waals surface area (Å²) in [7, 11) is 0. The molecule has 0 spiro atoms. The molecule has 10 heteroatoms. The maximum atomic E-state index is 10.9. The van der Waals surface area contributed by atoms with Crippen LogP contribution in [-0.4, -0.2) is 65.8 Å². The molecule has 130 valence electrons. The molecule has 0 saturated carbocycles. The summed E-state index contributed by atoms with van der Waals surface area (Å²) in [6.07, 6.45) is 0.575. The zero-order valence-electron chi connectivity index (χ0n) is 12.7. The Morgan fingerprint density at radius 2 is 2.29 bits per heavy atom. The summed E-state index contributed by atoms with van der Waals surface area (Å²) in [5.41, 5.74) is 0.762. The van der Waals surface area contributed by atoms with Crippen LogP contribution in [0, 0.1) is 5.92 Å². The van der Waals surface area contributed by atoms with Gasteiger partial charge in [0, 0.05) is 25.6 Å². The number of carbonyl (C=O) groups excluding carboxylic acids is 2. The van der Waals surface area contributed by atoms with Crippen molar-refractivity contribution in [2.75, 3.05) is 31.6 Å². The normalized spacial score (nSPS) is 21.5. The van der Waals surface area contributed by atoms with Crippen LogP contribution in [0.3, 0.4) is 0 Å². The number of ether oxygens (including phenoxy) is 1. The molecule has 0 radical (unpaired) electrons. The molecule has 1 aromatic heterocycles. The summed E-state index contributed by atoms with van der Waals surface area (Å²) in [6, 6.07) is 1.47. The summed E-state index contributed by atoms with van der Waals surface area (Å²) in [5, 5.41) is 25.2. The van der Waals surface area contributed by atoms with Gasteiger partial charge in [-0.2, -0.15) is 0 Å². The van der Waals surface area contributed by atoms with E-state index in [9.17, 15) is 19.5 Å². The number of carboxylic acid groups (broad SMARTS) is 1. The number of amides is 2. The van der Waals surface area contributed by atoms with Crippen molar-refractivity contribution in [3.63, 3.8) is 0 Å². The van der Waals surface area contributed by atoms with Crippen molar-refractivity contribution in [1.29, 1.82) is 0 Å². The number of aromatic nitrogens is 1. The van der Waals surface area contributed by atoms with Gasteiger partial charge in [0.25, 0.3) is 5.91 Å². The van der Waals surface area contributed by atoms with Crippen LogP contribution in [0.15, 0.2) is 12.3 Å². The topological polar surface area (TPSA) is 150 Å². The van der Waals surface area contributed by atoms with E-state index in [1.165, 1.54) is 12.3 Å². The molecule has 0 bridgehead atoms. The summed E-state index contributed by atoms with van der Waals surface area (Å²) in [6.45, 7) is 1.56. The summed E-state index contributed by atoms with van der Waals surface area (Å²) < 4.78 is 5.04. The van der Waals surface area contributed by atoms with Gasteiger partial charge in [-0.15, -0.1) is 0 Å². The van der Waals surface area contributed by atoms with Crippen LogP contribution in [-0.2, 0) is 4.79 Å². The van der Waals surface area contributed by atoms with Crippen molar-refractivity contribution in [1.82, 2.24) is 15.6 Å². The number of rotatable bonds is 3. The van der Waals surface area contributed by atoms with Gasteiger partial charge in [0.2, 0.25) is 0 Å². The number of fused-ring (bicyclic) bond motifs is 1. The number of aliphatic hydroxyl groups is 1. The number of pyridine rings is 1. The first-order valence-electron chi connectivity index (χ1n) is 7.23. The Morgan fingerprint density at radius 3 is 2.92 bits per heavy atom. The SMILES string of the molecule is O=C(O)NC[C@H]1CNC[C@H]1O.O=Cc1cc2c(cn1)OCC(=O)N2. The van der Waals surface area contributed by atoms with E-state index in [1.54, 1.807) is 0 Å². The van der Waals surface area contributed by atoms with Gasteiger partial charge in [-0.3, -0.25) is 9.59 Å². The summed E-state index contributed by atoms with van der Waals surface area (Å²) >= 11 is 0. The first-order valence-corrected chi connectivity index (χ1v) is 7.23. The highest BCUT2D eigenvalue weighted by Gasteiger charge is 2.24. The quantitative estimate of drug-likeness (QED) is 0.443. The van der Waals surface area contributed by atoms with Gasteiger partial charge in [0.05, 0.1) is 18.0 Å². The van der Waals surface area contributed by atoms with Gasteiger partial charge in [-0.05, 0) is 6.07 Å². The number of β-amino-alcohol motifs (C(OH)–C–C–N with tert-alkyl or cyclic N) is 1. The second kappa shape index (κ2) is 8.22. The number of aliphatic hydroxyl groups excluding tert-OH is 1. The molecule has 2 aliphatic heterocycles. The Bertz CT molecular complexity index is 623. The molecule has 0 unspecified atom stereocenters. The third-order valence-corrected chi connectivity index (χ3v) is 3.46. The van der Waals surface area contributed by atoms with E-state index in [0.29, 0.717) is 37.4 Å². The second-order valence-corrected chi connectivity index (χ2v) is 5.23. The van der Waals surface area contributed by atoms with Gasteiger partial charge in [0.1, 0.15) is 5.69 Å². The molecule has 2 aliphatic rings. The lowest BCUT2D eigenvalue weighted by molar-refractivity contribution is -0.118. The lowest BCUT2D eigenvalue weighted by Crippen LogP contribution is -2.33. The summed E-state index contributed by atoms with van der Waals surface area (Å²) in [5.74, 6) is 0.284. The minimum absolute atomic E-state index is 0.00485. The molecule has 1 aromatic rings. The Kier molecular flexibility index (Phi) is 6.04. The molecule has 1 saturated heterocycles. The average Bonchev–Trinajstić information content (AvgIpc) is 2.98. The maximum absolute atomic E-state index is 10.9. The standard InChI is InChI=1S/C8H6N2O3.C6H12N2O3/c11-3-5-1-6-7(2-9-5)13-4-8(12)10-6;9-5-3-7-1-4(5)2-8-6(10)11/h1-3H,4H2,(H,10,12);4-5,7-9H,1-3H2,(H,10,11)/t;4-,5-/m.1/s1. The van der Waals surface area contributed by atoms with E-state index in [-0.39, 0.29) is 24.1 Å². The van der Waals surface area contributed by atoms with Crippen LogP contribution in [0.1, 0.15) is 10.5 Å². The Hall–Kier alpha value is -2.72. The van der Waals surface area contributed by atoms with Gasteiger partial charge in [-0.25, -0.2) is 9.78 Å². The Balaban J connectivity index is 0.000000177. The third-order valence-electron chi connectivity index (χ3n) is 3.46. The largest absolute Gasteiger partial charge is 0.480 e. The second-order valence-electron chi connectivity index (χ2n) is 5.23. The van der Waals surface area contributed by atoms with Gasteiger partial charge < -0.3 is 30.9 Å². The minimum atomic E-state index is -1.04. The molecule has 0 aromatic carbocycles. The van der Waals surface area contributed by atoms with Crippen molar-refractivity contribution in [2.24, 2.45) is 5.92 Å². The van der Waals surface area contributed by atoms with Crippen LogP contribution in [0.25, 0.3) is 0 Å². The first kappa shape index (κ1) is 17.6. The van der Waals surface area contributed by atoms with E-state index in [2.05, 4.69) is 20.9 Å². The molecule has 2 amide bonds. The monoisotopic (exact) mass is 338 g/mol. The number of nitrogens with one attached hydrogen (secondary N) is 3. The molecule has 0 aliphatic carbocycles. The zero-order chi connectivity index (χ0) is 17.5. The number of nitrogens with zero attached hydrogens (tertiary/aromatic N) is 1. The first-order chi connectivity index (χ1) is 11.5. The van der Waals surface area contributed by atoms with E-state index in [1.807, 2.05) is 0 Å². The number of carbonyl (C=O) groups is 3. The highest BCUT2D eigenvalue weighted by molar-refractivity contribution is 5.96. The maximum Gasteiger partial charge on any atom is 0.404 e. The Labute approximate surface area is 137 Å². The highest BCUT2D eigenvalue weighted by atomic mass is 16.5. The Morgan fingerprint density at radius 1 is 1.50 bits per heavy atom. The molecule has 3 rings (SSSR count). The van der Waals surface area contributed by atoms with Gasteiger partial charge in [-0.1, -0.05) is 0 Å². The fourth-order valence-electron chi connectivity index (χ4n) is 2.21. The third kappa shape index (κ3) is 4.89. The van der Waals surface area contributed by atoms with Crippen molar-refractivity contribution >= 4 is 24.0 Å². The predicted molar refractivity (Wildman–Crippen MR) is 82.1 cm³/mol. The summed E-state index contributed by atoms with van der Waals surface area (Å²) in [4.78, 5) is 35.1. The fraction of sp³-hybridized carbons (Fsp3) is 0.429. The highest BCUT2D eigenvalue weighted by Crippen LogP contribution is 2.26. The number of hydrogen-bond acceptors (Lipinski definition) is 7. The van der Waals surface area contributed by atoms with Crippen LogP contribution in [0.2, 0.25) is 0 Å². The molecule has 2 atom stereocenters. The van der Waals surface area contributed by atoms with E-state index in [4.69, 9.17) is 9.84 Å². The number of aldehydes is 1. The lowest BCUT2D eigenvalue weighted by Gasteiger charge is -2.16. The van der Waals surface area contributed by atoms with Crippen molar-refractivity contribution in [3.05, 3.63) is 18.0 Å². The molecule has 10 nitrogen and oxygen atoms in total. The lowest BCUT2D eigenvalue weighted by atomic mass is 10.1. The number of anilines is 1. The van der Waals surface area contributed by atoms with Crippen LogP contribution >= 0.6 is 0 Å². The van der Waals surface area contributed by atoms with Crippen LogP contribution < -0.4 is 20.7 Å². The van der Waals surface area contributed by atoms with Crippen LogP contribution in [0.4, 0.5) is 10.5 Å². The van der Waals surface area contributed by atoms with Crippen molar-refractivity contribution < 1.29 is 29.3 Å². The smallest absolute Gasteiger partial charge is 0.404 e. The fourth-order valence-corrected chi connectivity index (χ4v) is 2.21. The molecule has 5 N–H and O–H groups in total. The molecular formula is C14H18N4O6. The van der Waals surface area contributed by atoms with E-state index in [0.717, 1.165) is 0 Å². The molecule has 24 heavy (non-hydrogen) atoms. The van der Waals surface area contributed by atoms with E-state index >= 15 is 0 Å². The van der Waals surface area contributed by atoms with Gasteiger partial charge in [0.15, 0.2) is 18.6 Å². The van der Waals surface area contributed by atoms with Crippen LogP contribution in [0.5, 0.6) is 5.75 Å². The number of hydrogen-bond donors (Lipinski definition) is 5. The van der Waals surface area contributed by atoms with E-state index < -0.39 is 12.2 Å². The molecule has 1 fully saturated rings.